The summed E-state index contributed by atoms with van der Waals surface area (Å²) in [5, 5.41) is 3.04. The number of piperidine rings is 1. The molecule has 0 spiro atoms. The van der Waals surface area contributed by atoms with Gasteiger partial charge in [0.15, 0.2) is 0 Å². The molecule has 3 unspecified atom stereocenters. The number of nitrogens with one attached hydrogen (secondary N) is 1. The third-order valence-electron chi connectivity index (χ3n) is 3.35. The van der Waals surface area contributed by atoms with Crippen molar-refractivity contribution in [2.45, 2.75) is 51.7 Å². The number of alkyl halides is 3. The van der Waals surface area contributed by atoms with Gasteiger partial charge in [-0.2, -0.15) is 13.2 Å². The zero-order valence-electron chi connectivity index (χ0n) is 9.40. The Morgan fingerprint density at radius 1 is 1.33 bits per heavy atom. The Morgan fingerprint density at radius 3 is 2.40 bits per heavy atom. The fourth-order valence-corrected chi connectivity index (χ4v) is 2.30. The van der Waals surface area contributed by atoms with Gasteiger partial charge in [0.2, 0.25) is 0 Å². The minimum absolute atomic E-state index is 0.0994. The average molecular weight is 223 g/mol. The molecule has 1 aliphatic rings. The van der Waals surface area contributed by atoms with Crippen LogP contribution in [-0.2, 0) is 0 Å². The largest absolute Gasteiger partial charge is 0.393 e. The van der Waals surface area contributed by atoms with E-state index in [4.69, 9.17) is 0 Å². The third kappa shape index (κ3) is 3.67. The summed E-state index contributed by atoms with van der Waals surface area (Å²) in [7, 11) is 0. The monoisotopic (exact) mass is 223 g/mol. The van der Waals surface area contributed by atoms with E-state index >= 15 is 0 Å². The molecule has 0 aliphatic carbocycles. The molecule has 1 heterocycles. The van der Waals surface area contributed by atoms with Crippen molar-refractivity contribution in [2.75, 3.05) is 6.54 Å². The van der Waals surface area contributed by atoms with Crippen molar-refractivity contribution in [1.82, 2.24) is 5.32 Å². The molecular weight excluding hydrogens is 203 g/mol. The van der Waals surface area contributed by atoms with Crippen LogP contribution in [0.4, 0.5) is 13.2 Å². The maximum Gasteiger partial charge on any atom is 0.393 e. The Kier molecular flexibility index (Phi) is 4.44. The van der Waals surface area contributed by atoms with Gasteiger partial charge in [0.05, 0.1) is 5.92 Å². The summed E-state index contributed by atoms with van der Waals surface area (Å²) in [6.45, 7) is 4.33. The minimum atomic E-state index is -4.02. The number of halogens is 3. The Morgan fingerprint density at radius 2 is 2.00 bits per heavy atom. The fourth-order valence-electron chi connectivity index (χ4n) is 2.30. The van der Waals surface area contributed by atoms with Gasteiger partial charge in [-0.15, -0.1) is 0 Å². The molecule has 1 N–H and O–H groups in total. The second kappa shape index (κ2) is 5.19. The summed E-state index contributed by atoms with van der Waals surface area (Å²) in [5.74, 6) is -0.647. The maximum atomic E-state index is 12.4. The average Bonchev–Trinajstić information content (AvgIpc) is 2.17. The number of hydrogen-bond donors (Lipinski definition) is 1. The van der Waals surface area contributed by atoms with Gasteiger partial charge in [-0.05, 0) is 25.2 Å². The summed E-state index contributed by atoms with van der Waals surface area (Å²) in [6, 6.07) is 0.281. The highest BCUT2D eigenvalue weighted by molar-refractivity contribution is 4.84. The quantitative estimate of drug-likeness (QED) is 0.773. The molecule has 0 bridgehead atoms. The van der Waals surface area contributed by atoms with Gasteiger partial charge in [0.1, 0.15) is 0 Å². The van der Waals surface area contributed by atoms with Crippen molar-refractivity contribution in [1.29, 1.82) is 0 Å². The second-order valence-electron chi connectivity index (χ2n) is 4.60. The lowest BCUT2D eigenvalue weighted by atomic mass is 9.86. The molecule has 0 amide bonds. The first-order chi connectivity index (χ1) is 6.95. The molecule has 0 aromatic rings. The van der Waals surface area contributed by atoms with Gasteiger partial charge in [-0.25, -0.2) is 0 Å². The molecular formula is C11H20F3N. The van der Waals surface area contributed by atoms with E-state index in [0.717, 1.165) is 12.8 Å². The van der Waals surface area contributed by atoms with Crippen molar-refractivity contribution in [2.24, 2.45) is 11.8 Å². The van der Waals surface area contributed by atoms with Gasteiger partial charge >= 0.3 is 6.18 Å². The van der Waals surface area contributed by atoms with Crippen LogP contribution in [0.1, 0.15) is 39.5 Å². The van der Waals surface area contributed by atoms with Crippen LogP contribution in [0.25, 0.3) is 0 Å². The lowest BCUT2D eigenvalue weighted by molar-refractivity contribution is -0.180. The first-order valence-electron chi connectivity index (χ1n) is 5.75. The molecule has 90 valence electrons. The first kappa shape index (κ1) is 12.8. The van der Waals surface area contributed by atoms with Gasteiger partial charge in [-0.3, -0.25) is 0 Å². The summed E-state index contributed by atoms with van der Waals surface area (Å²) < 4.78 is 37.1. The summed E-state index contributed by atoms with van der Waals surface area (Å²) in [6.07, 6.45) is -0.886. The zero-order valence-corrected chi connectivity index (χ0v) is 9.40. The molecule has 4 heteroatoms. The van der Waals surface area contributed by atoms with Gasteiger partial charge in [0, 0.05) is 12.6 Å². The highest BCUT2D eigenvalue weighted by Gasteiger charge is 2.41. The van der Waals surface area contributed by atoms with Crippen LogP contribution in [0, 0.1) is 11.8 Å². The van der Waals surface area contributed by atoms with E-state index in [1.54, 1.807) is 0 Å². The molecule has 1 nitrogen and oxygen atoms in total. The molecule has 15 heavy (non-hydrogen) atoms. The lowest BCUT2D eigenvalue weighted by Crippen LogP contribution is -2.46. The van der Waals surface area contributed by atoms with Crippen LogP contribution in [0.5, 0.6) is 0 Å². The van der Waals surface area contributed by atoms with E-state index in [0.29, 0.717) is 12.3 Å². The molecule has 1 aliphatic heterocycles. The Labute approximate surface area is 89.4 Å². The van der Waals surface area contributed by atoms with Crippen molar-refractivity contribution in [3.8, 4) is 0 Å². The van der Waals surface area contributed by atoms with Crippen molar-refractivity contribution in [3.63, 3.8) is 0 Å². The van der Waals surface area contributed by atoms with Crippen LogP contribution in [0.3, 0.4) is 0 Å². The fraction of sp³-hybridized carbons (Fsp3) is 1.00. The highest BCUT2D eigenvalue weighted by atomic mass is 19.4. The Bertz CT molecular complexity index is 183. The summed E-state index contributed by atoms with van der Waals surface area (Å²) in [4.78, 5) is 0. The van der Waals surface area contributed by atoms with Gasteiger partial charge in [0.25, 0.3) is 0 Å². The predicted molar refractivity (Wildman–Crippen MR) is 54.6 cm³/mol. The van der Waals surface area contributed by atoms with Crippen molar-refractivity contribution >= 4 is 0 Å². The van der Waals surface area contributed by atoms with Gasteiger partial charge < -0.3 is 5.32 Å². The molecule has 1 saturated heterocycles. The molecule has 0 aromatic carbocycles. The van der Waals surface area contributed by atoms with Crippen molar-refractivity contribution < 1.29 is 13.2 Å². The first-order valence-corrected chi connectivity index (χ1v) is 5.75. The normalized spacial score (nSPS) is 30.2. The SMILES string of the molecule is CCCC(C)C1CCC(C(F)(F)F)CN1. The zero-order chi connectivity index (χ0) is 11.5. The topological polar surface area (TPSA) is 12.0 Å². The van der Waals surface area contributed by atoms with Crippen molar-refractivity contribution in [3.05, 3.63) is 0 Å². The van der Waals surface area contributed by atoms with E-state index in [1.807, 2.05) is 0 Å². The minimum Gasteiger partial charge on any atom is -0.313 e. The predicted octanol–water partition coefficient (Wildman–Crippen LogP) is 3.35. The Balaban J connectivity index is 2.36. The van der Waals surface area contributed by atoms with Gasteiger partial charge in [-0.1, -0.05) is 20.3 Å². The summed E-state index contributed by atoms with van der Waals surface area (Å²) >= 11 is 0. The second-order valence-corrected chi connectivity index (χ2v) is 4.60. The number of hydrogen-bond acceptors (Lipinski definition) is 1. The summed E-state index contributed by atoms with van der Waals surface area (Å²) in [5.41, 5.74) is 0. The van der Waals surface area contributed by atoms with E-state index in [-0.39, 0.29) is 19.0 Å². The van der Waals surface area contributed by atoms with E-state index in [1.165, 1.54) is 0 Å². The van der Waals surface area contributed by atoms with E-state index in [9.17, 15) is 13.2 Å². The van der Waals surface area contributed by atoms with E-state index < -0.39 is 12.1 Å². The van der Waals surface area contributed by atoms with Crippen LogP contribution in [-0.4, -0.2) is 18.8 Å². The molecule has 0 aromatic heterocycles. The molecule has 0 radical (unpaired) electrons. The number of rotatable bonds is 3. The smallest absolute Gasteiger partial charge is 0.313 e. The third-order valence-corrected chi connectivity index (χ3v) is 3.35. The van der Waals surface area contributed by atoms with Crippen LogP contribution < -0.4 is 5.32 Å². The molecule has 1 fully saturated rings. The molecule has 1 rings (SSSR count). The van der Waals surface area contributed by atoms with Crippen LogP contribution >= 0.6 is 0 Å². The molecule has 3 atom stereocenters. The van der Waals surface area contributed by atoms with Crippen LogP contribution in [0.15, 0.2) is 0 Å². The maximum absolute atomic E-state index is 12.4. The highest BCUT2D eigenvalue weighted by Crippen LogP contribution is 2.33. The Hall–Kier alpha value is -0.250. The van der Waals surface area contributed by atoms with E-state index in [2.05, 4.69) is 19.2 Å². The van der Waals surface area contributed by atoms with Crippen LogP contribution in [0.2, 0.25) is 0 Å². The standard InChI is InChI=1S/C11H20F3N/c1-3-4-8(2)10-6-5-9(7-15-10)11(12,13)14/h8-10,15H,3-7H2,1-2H3. The molecule has 0 saturated carbocycles. The lowest BCUT2D eigenvalue weighted by Gasteiger charge is -2.34.